The van der Waals surface area contributed by atoms with Crippen molar-refractivity contribution < 1.29 is 27.5 Å². The number of amides is 2. The van der Waals surface area contributed by atoms with Gasteiger partial charge in [0.05, 0.1) is 29.3 Å². The van der Waals surface area contributed by atoms with Gasteiger partial charge in [0.1, 0.15) is 5.00 Å². The van der Waals surface area contributed by atoms with Crippen LogP contribution in [0.1, 0.15) is 49.5 Å². The highest BCUT2D eigenvalue weighted by Gasteiger charge is 2.32. The molecule has 1 aliphatic heterocycles. The van der Waals surface area contributed by atoms with Gasteiger partial charge in [-0.15, -0.1) is 11.3 Å². The van der Waals surface area contributed by atoms with Gasteiger partial charge < -0.3 is 15.0 Å². The number of anilines is 1. The van der Waals surface area contributed by atoms with Crippen molar-refractivity contribution in [1.29, 1.82) is 0 Å². The highest BCUT2D eigenvalue weighted by Crippen LogP contribution is 2.38. The third-order valence-corrected chi connectivity index (χ3v) is 9.08. The van der Waals surface area contributed by atoms with Crippen molar-refractivity contribution in [1.82, 2.24) is 19.0 Å². The molecule has 1 aromatic carbocycles. The van der Waals surface area contributed by atoms with E-state index >= 15 is 0 Å². The maximum atomic E-state index is 13.7. The van der Waals surface area contributed by atoms with Crippen LogP contribution in [-0.2, 0) is 27.7 Å². The molecule has 1 aliphatic rings. The molecule has 3 aromatic rings. The number of nitrogens with one attached hydrogen (secondary N) is 1. The van der Waals surface area contributed by atoms with Gasteiger partial charge in [-0.2, -0.15) is 5.10 Å². The molecule has 0 unspecified atom stereocenters. The number of thiophene rings is 1. The van der Waals surface area contributed by atoms with E-state index in [9.17, 15) is 22.8 Å². The van der Waals surface area contributed by atoms with E-state index in [2.05, 4.69) is 10.4 Å². The number of hydrogen-bond donors (Lipinski definition) is 1. The SMILES string of the molecule is CCOC(=O)N1CCc2c(sc(NC(=O)c3ccc(S(=O)(=O)N(C)C)cc3)c2C(=O)n2nc(C)cc2C)C1. The molecule has 1 N–H and O–H groups in total. The second-order valence-electron chi connectivity index (χ2n) is 8.99. The average Bonchev–Trinajstić information content (AvgIpc) is 3.41. The number of aryl methyl sites for hydroxylation is 2. The monoisotopic (exact) mass is 559 g/mol. The van der Waals surface area contributed by atoms with Crippen LogP contribution >= 0.6 is 11.3 Å². The largest absolute Gasteiger partial charge is 0.450 e. The van der Waals surface area contributed by atoms with Crippen LogP contribution in [0.4, 0.5) is 9.80 Å². The fourth-order valence-electron chi connectivity index (χ4n) is 4.19. The molecule has 0 saturated carbocycles. The Morgan fingerprint density at radius 1 is 1.16 bits per heavy atom. The van der Waals surface area contributed by atoms with Crippen molar-refractivity contribution in [2.24, 2.45) is 0 Å². The van der Waals surface area contributed by atoms with Gasteiger partial charge in [-0.05, 0) is 63.1 Å². The lowest BCUT2D eigenvalue weighted by Gasteiger charge is -2.26. The summed E-state index contributed by atoms with van der Waals surface area (Å²) < 4.78 is 32.3. The van der Waals surface area contributed by atoms with Crippen molar-refractivity contribution in [3.05, 3.63) is 63.3 Å². The third-order valence-electron chi connectivity index (χ3n) is 6.12. The molecule has 2 aromatic heterocycles. The topological polar surface area (TPSA) is 131 Å². The van der Waals surface area contributed by atoms with Crippen LogP contribution in [0.2, 0.25) is 0 Å². The molecule has 3 heterocycles. The summed E-state index contributed by atoms with van der Waals surface area (Å²) >= 11 is 1.23. The predicted molar refractivity (Wildman–Crippen MR) is 142 cm³/mol. The first kappa shape index (κ1) is 27.5. The lowest BCUT2D eigenvalue weighted by atomic mass is 10.0. The summed E-state index contributed by atoms with van der Waals surface area (Å²) in [5.41, 5.74) is 2.67. The van der Waals surface area contributed by atoms with Gasteiger partial charge in [-0.25, -0.2) is 22.2 Å². The molecule has 0 radical (unpaired) electrons. The Labute approximate surface area is 225 Å². The van der Waals surface area contributed by atoms with Crippen LogP contribution in [0.15, 0.2) is 35.2 Å². The normalized spacial score (nSPS) is 13.4. The summed E-state index contributed by atoms with van der Waals surface area (Å²) in [5, 5.41) is 7.50. The standard InChI is InChI=1S/C25H29N5O6S2/c1-6-36-25(33)29-12-11-19-20(14-29)37-23(21(19)24(32)30-16(3)13-15(2)27-30)26-22(31)17-7-9-18(10-8-17)38(34,35)28(4)5/h7-10,13H,6,11-12,14H2,1-5H3,(H,26,31). The number of nitrogens with zero attached hydrogens (tertiary/aromatic N) is 4. The molecule has 0 saturated heterocycles. The number of ether oxygens (including phenoxy) is 1. The number of hydrogen-bond acceptors (Lipinski definition) is 8. The Morgan fingerprint density at radius 3 is 2.42 bits per heavy atom. The Balaban J connectivity index is 1.69. The third kappa shape index (κ3) is 5.22. The van der Waals surface area contributed by atoms with Gasteiger partial charge >= 0.3 is 6.09 Å². The number of carbonyl (C=O) groups is 3. The quantitative estimate of drug-likeness (QED) is 0.490. The molecule has 11 nitrogen and oxygen atoms in total. The van der Waals surface area contributed by atoms with E-state index in [0.717, 1.165) is 14.7 Å². The molecule has 0 atom stereocenters. The highest BCUT2D eigenvalue weighted by atomic mass is 32.2. The fourth-order valence-corrected chi connectivity index (χ4v) is 6.35. The summed E-state index contributed by atoms with van der Waals surface area (Å²) in [6.45, 7) is 6.18. The Kier molecular flexibility index (Phi) is 7.72. The Hall–Kier alpha value is -3.55. The molecule has 0 aliphatic carbocycles. The van der Waals surface area contributed by atoms with Gasteiger partial charge in [-0.3, -0.25) is 9.59 Å². The fraction of sp³-hybridized carbons (Fsp3) is 0.360. The summed E-state index contributed by atoms with van der Waals surface area (Å²) in [6, 6.07) is 7.36. The van der Waals surface area contributed by atoms with Gasteiger partial charge in [0.25, 0.3) is 11.8 Å². The minimum atomic E-state index is -3.64. The van der Waals surface area contributed by atoms with E-state index in [-0.39, 0.29) is 29.5 Å². The van der Waals surface area contributed by atoms with Crippen molar-refractivity contribution in [2.45, 2.75) is 38.6 Å². The number of fused-ring (bicyclic) bond motifs is 1. The van der Waals surface area contributed by atoms with E-state index in [1.807, 2.05) is 0 Å². The van der Waals surface area contributed by atoms with Crippen LogP contribution in [0, 0.1) is 13.8 Å². The van der Waals surface area contributed by atoms with Crippen LogP contribution in [-0.4, -0.2) is 72.6 Å². The molecule has 2 amide bonds. The van der Waals surface area contributed by atoms with E-state index in [4.69, 9.17) is 4.74 Å². The van der Waals surface area contributed by atoms with Crippen LogP contribution in [0.25, 0.3) is 0 Å². The number of carbonyl (C=O) groups excluding carboxylic acids is 3. The summed E-state index contributed by atoms with van der Waals surface area (Å²) in [4.78, 5) is 41.6. The predicted octanol–water partition coefficient (Wildman–Crippen LogP) is 3.27. The first-order valence-corrected chi connectivity index (χ1v) is 14.2. The zero-order valence-corrected chi connectivity index (χ0v) is 23.4. The minimum absolute atomic E-state index is 0.0603. The number of sulfonamides is 1. The molecule has 38 heavy (non-hydrogen) atoms. The van der Waals surface area contributed by atoms with E-state index < -0.39 is 22.0 Å². The number of rotatable bonds is 6. The van der Waals surface area contributed by atoms with E-state index in [0.29, 0.717) is 34.9 Å². The lowest BCUT2D eigenvalue weighted by molar-refractivity contribution is 0.0941. The first-order chi connectivity index (χ1) is 17.9. The van der Waals surface area contributed by atoms with Crippen molar-refractivity contribution >= 4 is 44.3 Å². The smallest absolute Gasteiger partial charge is 0.410 e. The van der Waals surface area contributed by atoms with Crippen LogP contribution in [0.3, 0.4) is 0 Å². The molecule has 13 heteroatoms. The van der Waals surface area contributed by atoms with Gasteiger partial charge in [0.15, 0.2) is 0 Å². The Bertz CT molecular complexity index is 1510. The number of aromatic nitrogens is 2. The van der Waals surface area contributed by atoms with Gasteiger partial charge in [-0.1, -0.05) is 0 Å². The number of benzene rings is 1. The molecule has 0 fully saturated rings. The molecular weight excluding hydrogens is 530 g/mol. The Morgan fingerprint density at radius 2 is 1.84 bits per heavy atom. The molecule has 0 spiro atoms. The summed E-state index contributed by atoms with van der Waals surface area (Å²) in [5.74, 6) is -0.873. The molecule has 4 rings (SSSR count). The maximum Gasteiger partial charge on any atom is 0.410 e. The summed E-state index contributed by atoms with van der Waals surface area (Å²) in [6.07, 6.45) is -0.0193. The second kappa shape index (κ2) is 10.7. The highest BCUT2D eigenvalue weighted by molar-refractivity contribution is 7.89. The van der Waals surface area contributed by atoms with Crippen molar-refractivity contribution in [3.63, 3.8) is 0 Å². The maximum absolute atomic E-state index is 13.7. The van der Waals surface area contributed by atoms with E-state index in [1.165, 1.54) is 54.4 Å². The van der Waals surface area contributed by atoms with Crippen LogP contribution in [0.5, 0.6) is 0 Å². The van der Waals surface area contributed by atoms with Gasteiger partial charge in [0.2, 0.25) is 10.0 Å². The van der Waals surface area contributed by atoms with Crippen molar-refractivity contribution in [3.8, 4) is 0 Å². The zero-order chi connectivity index (χ0) is 27.8. The minimum Gasteiger partial charge on any atom is -0.450 e. The van der Waals surface area contributed by atoms with E-state index in [1.54, 1.807) is 31.7 Å². The average molecular weight is 560 g/mol. The zero-order valence-electron chi connectivity index (χ0n) is 21.8. The molecular formula is C25H29N5O6S2. The lowest BCUT2D eigenvalue weighted by Crippen LogP contribution is -2.36. The van der Waals surface area contributed by atoms with Crippen LogP contribution < -0.4 is 5.32 Å². The summed E-state index contributed by atoms with van der Waals surface area (Å²) in [7, 11) is -0.782. The second-order valence-corrected chi connectivity index (χ2v) is 12.2. The van der Waals surface area contributed by atoms with Gasteiger partial charge in [0, 0.05) is 36.8 Å². The van der Waals surface area contributed by atoms with Crippen molar-refractivity contribution in [2.75, 3.05) is 32.6 Å². The molecule has 0 bridgehead atoms. The first-order valence-electron chi connectivity index (χ1n) is 11.9. The molecule has 202 valence electrons.